The summed E-state index contributed by atoms with van der Waals surface area (Å²) in [6.07, 6.45) is 0.355. The molecule has 5 heteroatoms. The van der Waals surface area contributed by atoms with E-state index in [0.29, 0.717) is 17.8 Å². The fourth-order valence-corrected chi connectivity index (χ4v) is 2.01. The van der Waals surface area contributed by atoms with Gasteiger partial charge in [-0.05, 0) is 41.1 Å². The average Bonchev–Trinajstić information content (AvgIpc) is 2.90. The van der Waals surface area contributed by atoms with Crippen LogP contribution in [0.5, 0.6) is 0 Å². The largest absolute Gasteiger partial charge is 0.207 e. The highest BCUT2D eigenvalue weighted by Crippen LogP contribution is 2.14. The van der Waals surface area contributed by atoms with Crippen LogP contribution in [0.3, 0.4) is 0 Å². The molecule has 0 amide bonds. The lowest BCUT2D eigenvalue weighted by Gasteiger charge is -2.05. The van der Waals surface area contributed by atoms with Crippen LogP contribution < -0.4 is 0 Å². The molecule has 1 heterocycles. The van der Waals surface area contributed by atoms with Gasteiger partial charge in [-0.15, -0.1) is 5.10 Å². The molecule has 3 rings (SSSR count). The molecule has 0 radical (unpaired) electrons. The van der Waals surface area contributed by atoms with E-state index in [1.807, 2.05) is 31.2 Å². The van der Waals surface area contributed by atoms with E-state index in [1.54, 1.807) is 22.9 Å². The second-order valence-corrected chi connectivity index (χ2v) is 4.61. The van der Waals surface area contributed by atoms with Crippen molar-refractivity contribution in [1.29, 1.82) is 0 Å². The van der Waals surface area contributed by atoms with Crippen LogP contribution in [0, 0.1) is 12.7 Å². The van der Waals surface area contributed by atoms with Gasteiger partial charge in [0.05, 0.1) is 5.69 Å². The molecule has 0 aliphatic heterocycles. The van der Waals surface area contributed by atoms with E-state index >= 15 is 0 Å². The Labute approximate surface area is 115 Å². The lowest BCUT2D eigenvalue weighted by molar-refractivity contribution is 0.610. The van der Waals surface area contributed by atoms with Crippen LogP contribution >= 0.6 is 0 Å². The summed E-state index contributed by atoms with van der Waals surface area (Å²) in [6, 6.07) is 14.5. The number of halogens is 1. The first-order valence-corrected chi connectivity index (χ1v) is 6.32. The summed E-state index contributed by atoms with van der Waals surface area (Å²) in [6.45, 7) is 2.02. The summed E-state index contributed by atoms with van der Waals surface area (Å²) < 4.78 is 15.3. The molecule has 0 fully saturated rings. The second kappa shape index (κ2) is 5.21. The third-order valence-electron chi connectivity index (χ3n) is 3.12. The normalized spacial score (nSPS) is 10.7. The Hall–Kier alpha value is -2.56. The smallest absolute Gasteiger partial charge is 0.161 e. The maximum Gasteiger partial charge on any atom is 0.161 e. The minimum Gasteiger partial charge on any atom is -0.207 e. The molecule has 2 aromatic carbocycles. The Kier molecular flexibility index (Phi) is 3.25. The Balaban J connectivity index is 1.95. The van der Waals surface area contributed by atoms with E-state index in [-0.39, 0.29) is 5.82 Å². The summed E-state index contributed by atoms with van der Waals surface area (Å²) >= 11 is 0. The van der Waals surface area contributed by atoms with Gasteiger partial charge in [-0.2, -0.15) is 4.68 Å². The number of hydrogen-bond acceptors (Lipinski definition) is 3. The Morgan fingerprint density at radius 2 is 1.80 bits per heavy atom. The van der Waals surface area contributed by atoms with Crippen molar-refractivity contribution in [2.45, 2.75) is 13.3 Å². The molecular formula is C15H13FN4. The van der Waals surface area contributed by atoms with Crippen LogP contribution in [-0.2, 0) is 6.42 Å². The molecule has 0 spiro atoms. The predicted molar refractivity (Wildman–Crippen MR) is 73.1 cm³/mol. The standard InChI is InChI=1S/C15H13FN4/c1-11-6-8-13(9-7-11)20-15(17-18-19-20)10-12-4-2-3-5-14(12)16/h2-9H,10H2,1H3. The minimum atomic E-state index is -0.244. The molecule has 100 valence electrons. The first kappa shape index (κ1) is 12.5. The van der Waals surface area contributed by atoms with Crippen molar-refractivity contribution in [2.24, 2.45) is 0 Å². The van der Waals surface area contributed by atoms with Crippen molar-refractivity contribution in [3.63, 3.8) is 0 Å². The van der Waals surface area contributed by atoms with Gasteiger partial charge in [0, 0.05) is 6.42 Å². The van der Waals surface area contributed by atoms with Crippen LogP contribution in [0.1, 0.15) is 17.0 Å². The second-order valence-electron chi connectivity index (χ2n) is 4.61. The quantitative estimate of drug-likeness (QED) is 0.733. The third kappa shape index (κ3) is 2.42. The molecule has 3 aromatic rings. The van der Waals surface area contributed by atoms with Crippen molar-refractivity contribution in [1.82, 2.24) is 20.2 Å². The summed E-state index contributed by atoms with van der Waals surface area (Å²) in [7, 11) is 0. The lowest BCUT2D eigenvalue weighted by Crippen LogP contribution is -2.05. The number of nitrogens with zero attached hydrogens (tertiary/aromatic N) is 4. The van der Waals surface area contributed by atoms with Crippen LogP contribution in [0.2, 0.25) is 0 Å². The monoisotopic (exact) mass is 268 g/mol. The minimum absolute atomic E-state index is 0.244. The zero-order chi connectivity index (χ0) is 13.9. The molecule has 1 aromatic heterocycles. The summed E-state index contributed by atoms with van der Waals surface area (Å²) in [5.74, 6) is 0.366. The van der Waals surface area contributed by atoms with Gasteiger partial charge in [0.15, 0.2) is 5.82 Å². The number of aromatic nitrogens is 4. The maximum atomic E-state index is 13.7. The Morgan fingerprint density at radius 3 is 2.55 bits per heavy atom. The Bertz CT molecular complexity index is 719. The van der Waals surface area contributed by atoms with Crippen LogP contribution in [0.25, 0.3) is 5.69 Å². The van der Waals surface area contributed by atoms with Gasteiger partial charge in [0.25, 0.3) is 0 Å². The number of rotatable bonds is 3. The van der Waals surface area contributed by atoms with Crippen LogP contribution in [-0.4, -0.2) is 20.2 Å². The van der Waals surface area contributed by atoms with Gasteiger partial charge in [0.1, 0.15) is 5.82 Å². The SMILES string of the molecule is Cc1ccc(-n2nnnc2Cc2ccccc2F)cc1. The van der Waals surface area contributed by atoms with Crippen molar-refractivity contribution in [3.8, 4) is 5.69 Å². The number of aryl methyl sites for hydroxylation is 1. The average molecular weight is 268 g/mol. The highest BCUT2D eigenvalue weighted by atomic mass is 19.1. The molecule has 0 aliphatic rings. The molecule has 0 bridgehead atoms. The molecule has 0 aliphatic carbocycles. The summed E-state index contributed by atoms with van der Waals surface area (Å²) in [5.41, 5.74) is 2.61. The highest BCUT2D eigenvalue weighted by molar-refractivity contribution is 5.34. The van der Waals surface area contributed by atoms with Crippen molar-refractivity contribution >= 4 is 0 Å². The van der Waals surface area contributed by atoms with Crippen molar-refractivity contribution in [3.05, 3.63) is 71.3 Å². The zero-order valence-electron chi connectivity index (χ0n) is 11.0. The highest BCUT2D eigenvalue weighted by Gasteiger charge is 2.11. The van der Waals surface area contributed by atoms with E-state index in [9.17, 15) is 4.39 Å². The fourth-order valence-electron chi connectivity index (χ4n) is 2.01. The number of hydrogen-bond donors (Lipinski definition) is 0. The van der Waals surface area contributed by atoms with Gasteiger partial charge in [-0.25, -0.2) is 4.39 Å². The molecule has 20 heavy (non-hydrogen) atoms. The first-order valence-electron chi connectivity index (χ1n) is 6.32. The molecule has 0 saturated heterocycles. The summed E-state index contributed by atoms with van der Waals surface area (Å²) in [5, 5.41) is 11.6. The van der Waals surface area contributed by atoms with Gasteiger partial charge in [0.2, 0.25) is 0 Å². The summed E-state index contributed by atoms with van der Waals surface area (Å²) in [4.78, 5) is 0. The number of benzene rings is 2. The zero-order valence-corrected chi connectivity index (χ0v) is 11.0. The van der Waals surface area contributed by atoms with E-state index in [1.165, 1.54) is 6.07 Å². The molecular weight excluding hydrogens is 255 g/mol. The molecule has 0 saturated carbocycles. The fraction of sp³-hybridized carbons (Fsp3) is 0.133. The third-order valence-corrected chi connectivity index (χ3v) is 3.12. The maximum absolute atomic E-state index is 13.7. The predicted octanol–water partition coefficient (Wildman–Crippen LogP) is 2.70. The van der Waals surface area contributed by atoms with E-state index in [0.717, 1.165) is 11.3 Å². The molecule has 0 atom stereocenters. The van der Waals surface area contributed by atoms with Gasteiger partial charge < -0.3 is 0 Å². The lowest BCUT2D eigenvalue weighted by atomic mass is 10.1. The van der Waals surface area contributed by atoms with Gasteiger partial charge in [-0.1, -0.05) is 35.9 Å². The number of tetrazole rings is 1. The molecule has 0 unspecified atom stereocenters. The van der Waals surface area contributed by atoms with E-state index < -0.39 is 0 Å². The molecule has 4 nitrogen and oxygen atoms in total. The topological polar surface area (TPSA) is 43.6 Å². The van der Waals surface area contributed by atoms with E-state index in [4.69, 9.17) is 0 Å². The van der Waals surface area contributed by atoms with Crippen molar-refractivity contribution < 1.29 is 4.39 Å². The molecule has 0 N–H and O–H groups in total. The van der Waals surface area contributed by atoms with Crippen LogP contribution in [0.4, 0.5) is 4.39 Å². The first-order chi connectivity index (χ1) is 9.74. The van der Waals surface area contributed by atoms with Gasteiger partial charge >= 0.3 is 0 Å². The van der Waals surface area contributed by atoms with Gasteiger partial charge in [-0.3, -0.25) is 0 Å². The van der Waals surface area contributed by atoms with Crippen LogP contribution in [0.15, 0.2) is 48.5 Å². The van der Waals surface area contributed by atoms with E-state index in [2.05, 4.69) is 15.5 Å². The Morgan fingerprint density at radius 1 is 1.05 bits per heavy atom. The van der Waals surface area contributed by atoms with Crippen molar-refractivity contribution in [2.75, 3.05) is 0 Å².